The molecule has 2 aliphatic carbocycles. The molecule has 0 radical (unpaired) electrons. The van der Waals surface area contributed by atoms with Crippen molar-refractivity contribution in [3.63, 3.8) is 0 Å². The van der Waals surface area contributed by atoms with Crippen LogP contribution in [-0.2, 0) is 35.1 Å². The van der Waals surface area contributed by atoms with Crippen molar-refractivity contribution in [2.75, 3.05) is 16.2 Å². The minimum Gasteiger partial charge on any atom is -0.871 e. The van der Waals surface area contributed by atoms with Crippen LogP contribution in [0.3, 0.4) is 0 Å². The van der Waals surface area contributed by atoms with Crippen molar-refractivity contribution in [2.45, 2.75) is 9.79 Å². The van der Waals surface area contributed by atoms with Crippen LogP contribution in [0.25, 0.3) is 6.08 Å². The molecule has 0 unspecified atom stereocenters. The molecule has 4 aromatic carbocycles. The Morgan fingerprint density at radius 1 is 0.694 bits per heavy atom. The molecule has 28 heteroatoms. The molecule has 62 heavy (non-hydrogen) atoms. The Bertz CT molecular complexity index is 3020. The van der Waals surface area contributed by atoms with E-state index in [1.165, 1.54) is 12.1 Å². The Morgan fingerprint density at radius 2 is 1.32 bits per heavy atom. The predicted octanol–water partition coefficient (Wildman–Crippen LogP) is -5.69. The van der Waals surface area contributed by atoms with Crippen molar-refractivity contribution in [1.29, 1.82) is 0 Å². The number of nitro groups is 1. The van der Waals surface area contributed by atoms with E-state index in [1.54, 1.807) is 30.3 Å². The number of hydrazone groups is 2. The molecule has 2 aliphatic rings. The van der Waals surface area contributed by atoms with Crippen molar-refractivity contribution in [2.24, 2.45) is 20.4 Å². The fourth-order valence-corrected chi connectivity index (χ4v) is 7.09. The third-order valence-corrected chi connectivity index (χ3v) is 10.5. The summed E-state index contributed by atoms with van der Waals surface area (Å²) < 4.78 is 107. The zero-order chi connectivity index (χ0) is 42.9. The van der Waals surface area contributed by atoms with Gasteiger partial charge < -0.3 is 19.5 Å². The van der Waals surface area contributed by atoms with E-state index in [-0.39, 0.29) is 111 Å². The molecule has 0 aliphatic heterocycles. The fourth-order valence-electron chi connectivity index (χ4n) is 5.24. The number of azo groups is 1. The monoisotopic (exact) mass is 930 g/mol. The molecule has 0 saturated carbocycles. The van der Waals surface area contributed by atoms with Gasteiger partial charge >= 0.3 is 88.7 Å². The second kappa shape index (κ2) is 20.9. The summed E-state index contributed by atoms with van der Waals surface area (Å²) in [4.78, 5) is 33.9. The molecule has 0 bridgehead atoms. The molecule has 0 amide bonds. The topological polar surface area (TPSA) is 355 Å². The third-order valence-electron chi connectivity index (χ3n) is 7.94. The zero-order valence-electron chi connectivity index (χ0n) is 32.0. The molecule has 22 nitrogen and oxygen atoms in total. The first-order valence-corrected chi connectivity index (χ1v) is 20.2. The van der Waals surface area contributed by atoms with Crippen molar-refractivity contribution < 1.29 is 147 Å². The number of para-hydroxylation sites is 1. The van der Waals surface area contributed by atoms with Gasteiger partial charge in [-0.2, -0.15) is 23.7 Å². The van der Waals surface area contributed by atoms with Crippen molar-refractivity contribution >= 4 is 93.5 Å². The van der Waals surface area contributed by atoms with Crippen LogP contribution < -0.4 is 110 Å². The normalized spacial score (nSPS) is 15.2. The number of nitrogens with one attached hydrogen (secondary N) is 3. The van der Waals surface area contributed by atoms with E-state index >= 15 is 0 Å². The van der Waals surface area contributed by atoms with Gasteiger partial charge in [-0.15, -0.1) is 5.11 Å². The summed E-state index contributed by atoms with van der Waals surface area (Å²) in [6, 6.07) is 17.4. The first-order valence-electron chi connectivity index (χ1n) is 16.0. The maximum Gasteiger partial charge on any atom is 1.00 e. The molecule has 0 aromatic heterocycles. The van der Waals surface area contributed by atoms with Crippen molar-refractivity contribution in [1.82, 2.24) is 0 Å². The number of allylic oxidation sites excluding steroid dienone is 3. The van der Waals surface area contributed by atoms with Gasteiger partial charge in [0.15, 0.2) is 5.71 Å². The molecule has 0 heterocycles. The number of anilines is 4. The number of nitro benzene ring substituents is 1. The maximum atomic E-state index is 13.8. The summed E-state index contributed by atoms with van der Waals surface area (Å²) in [6.45, 7) is 0. The fraction of sp³-hybridized carbons (Fsp3) is 0. The maximum absolute atomic E-state index is 13.8. The number of Topliss-reactive ketones (excluding diaryl/α,β-unsaturated/α-hetero) is 1. The minimum absolute atomic E-state index is 0. The molecule has 0 saturated heterocycles. The Kier molecular flexibility index (Phi) is 17.6. The van der Waals surface area contributed by atoms with Gasteiger partial charge in [0.2, 0.25) is 11.6 Å². The molecule has 4 N–H and O–H groups in total. The van der Waals surface area contributed by atoms with Crippen molar-refractivity contribution in [3.8, 4) is 0 Å². The average Bonchev–Trinajstić information content (AvgIpc) is 3.16. The average molecular weight is 931 g/mol. The number of ketones is 2. The van der Waals surface area contributed by atoms with E-state index in [4.69, 9.17) is 0 Å². The van der Waals surface area contributed by atoms with Crippen molar-refractivity contribution in [3.05, 3.63) is 135 Å². The van der Waals surface area contributed by atoms with Crippen LogP contribution in [0.15, 0.2) is 144 Å². The van der Waals surface area contributed by atoms with Crippen LogP contribution in [0.5, 0.6) is 0 Å². The van der Waals surface area contributed by atoms with Gasteiger partial charge in [0.05, 0.1) is 48.7 Å². The van der Waals surface area contributed by atoms with E-state index in [9.17, 15) is 63.7 Å². The van der Waals surface area contributed by atoms with Gasteiger partial charge in [-0.05, 0) is 78.4 Å². The zero-order valence-corrected chi connectivity index (χ0v) is 40.5. The molecule has 302 valence electrons. The Labute approximate surface area is 417 Å². The van der Waals surface area contributed by atoms with Crippen LogP contribution in [0.1, 0.15) is 15.9 Å². The van der Waals surface area contributed by atoms with Crippen LogP contribution in [0, 0.1) is 10.1 Å². The Hall–Kier alpha value is -4.29. The molecule has 0 fully saturated rings. The molecule has 4 aromatic rings. The smallest absolute Gasteiger partial charge is 0.871 e. The first-order chi connectivity index (χ1) is 27.7. The second-order valence-electron chi connectivity index (χ2n) is 11.9. The van der Waals surface area contributed by atoms with Gasteiger partial charge in [0.1, 0.15) is 30.9 Å². The van der Waals surface area contributed by atoms with Gasteiger partial charge in [-0.1, -0.05) is 24.0 Å². The number of benzene rings is 4. The summed E-state index contributed by atoms with van der Waals surface area (Å²) in [5.41, 5.74) is 0.644. The number of rotatable bonds is 12. The summed E-state index contributed by atoms with van der Waals surface area (Å²) in [7, 11) is -15.7. The Morgan fingerprint density at radius 3 is 1.92 bits per heavy atom. The summed E-state index contributed by atoms with van der Waals surface area (Å²) in [5, 5.41) is 41.7. The third kappa shape index (κ3) is 12.5. The van der Waals surface area contributed by atoms with Crippen LogP contribution in [0.4, 0.5) is 34.1 Å². The van der Waals surface area contributed by atoms with E-state index in [0.29, 0.717) is 30.0 Å². The SMILES string of the molecule is O=C1C=C([O-])C(N=Nc2cc(S(=O)(=O)[O-])cc3c2C(=O)/C(=N/Nc2ccc([N+](=O)[O-])cc2)C(S(=O)(=O)O)=C3)=C/C1=N\Nc1ccc(Nc2ccccc2)c(S(=O)(=O)[O-])c1.[Na+].[Na+].[Na+]. The number of non-ortho nitro benzene ring substituents is 1. The van der Waals surface area contributed by atoms with Crippen LogP contribution >= 0.6 is 0 Å². The quantitative estimate of drug-likeness (QED) is 0.0257. The second-order valence-corrected chi connectivity index (χ2v) is 16.0. The van der Waals surface area contributed by atoms with E-state index in [0.717, 1.165) is 36.4 Å². The van der Waals surface area contributed by atoms with Gasteiger partial charge in [0.25, 0.3) is 15.8 Å². The van der Waals surface area contributed by atoms with Crippen LogP contribution in [0.2, 0.25) is 0 Å². The van der Waals surface area contributed by atoms with Gasteiger partial charge in [0, 0.05) is 17.8 Å². The minimum atomic E-state index is -5.35. The standard InChI is InChI=1S/C34H24N8O14S3.3Na/c43-28-17-29(44)26(16-25(28)38-37-21-8-11-24(30(14-21)58(51,52)53)35-19-4-2-1-3-5-19)39-40-27-15-23(57(48,49)50)12-18-13-31(59(54,55)56)33(34(45)32(18)27)41-36-20-6-9-22(10-7-20)42(46)47;;;/h1-17,35-37,44H,(H,48,49,50)(H,51,52,53)(H,54,55,56);;;/q;3*+1/p-3/b38-25+,40-39?,41-33+;;;. The largest absolute Gasteiger partial charge is 1.00 e. The van der Waals surface area contributed by atoms with E-state index < -0.39 is 101 Å². The Balaban J connectivity index is 0.00000341. The van der Waals surface area contributed by atoms with Gasteiger partial charge in [-0.3, -0.25) is 35.1 Å². The van der Waals surface area contributed by atoms with Gasteiger partial charge in [-0.25, -0.2) is 16.8 Å². The number of carbonyl (C=O) groups is 2. The molecule has 0 atom stereocenters. The molecule has 6 rings (SSSR count). The first kappa shape index (κ1) is 52.1. The molecular formula is C34H21N8Na3O14S3. The summed E-state index contributed by atoms with van der Waals surface area (Å²) in [6.07, 6.45) is 1.94. The number of nitrogens with zero attached hydrogens (tertiary/aromatic N) is 5. The summed E-state index contributed by atoms with van der Waals surface area (Å²) in [5.74, 6) is -3.36. The van der Waals surface area contributed by atoms with E-state index in [2.05, 4.69) is 36.6 Å². The summed E-state index contributed by atoms with van der Waals surface area (Å²) >= 11 is 0. The number of carbonyl (C=O) groups excluding carboxylic acids is 2. The number of hydrogen-bond donors (Lipinski definition) is 4. The molecule has 0 spiro atoms. The number of hydrogen-bond acceptors (Lipinski definition) is 20. The van der Waals surface area contributed by atoms with Crippen LogP contribution in [-0.4, -0.2) is 66.8 Å². The van der Waals surface area contributed by atoms with E-state index in [1.807, 2.05) is 0 Å². The number of fused-ring (bicyclic) bond motifs is 1. The molecular weight excluding hydrogens is 910 g/mol. The predicted molar refractivity (Wildman–Crippen MR) is 203 cm³/mol.